The van der Waals surface area contributed by atoms with Crippen molar-refractivity contribution in [3.8, 4) is 28.2 Å². The van der Waals surface area contributed by atoms with E-state index in [0.29, 0.717) is 6.42 Å². The molecule has 0 fully saturated rings. The molecule has 0 aliphatic heterocycles. The summed E-state index contributed by atoms with van der Waals surface area (Å²) in [5.41, 5.74) is 5.47. The van der Waals surface area contributed by atoms with E-state index in [4.69, 9.17) is 4.98 Å². The van der Waals surface area contributed by atoms with E-state index >= 15 is 0 Å². The summed E-state index contributed by atoms with van der Waals surface area (Å²) >= 11 is 1.79. The number of benzene rings is 3. The van der Waals surface area contributed by atoms with Crippen molar-refractivity contribution in [2.45, 2.75) is 76.3 Å². The highest BCUT2D eigenvalue weighted by Crippen LogP contribution is 2.38. The quantitative estimate of drug-likeness (QED) is 0.105. The molecule has 0 unspecified atom stereocenters. The summed E-state index contributed by atoms with van der Waals surface area (Å²) in [5.74, 6) is 1.14. The van der Waals surface area contributed by atoms with E-state index in [1.54, 1.807) is 11.8 Å². The van der Waals surface area contributed by atoms with Gasteiger partial charge in [-0.3, -0.25) is 9.36 Å². The van der Waals surface area contributed by atoms with Gasteiger partial charge in [0.1, 0.15) is 0 Å². The van der Waals surface area contributed by atoms with E-state index in [-0.39, 0.29) is 5.91 Å². The van der Waals surface area contributed by atoms with Crippen molar-refractivity contribution >= 4 is 17.7 Å². The minimum atomic E-state index is 0.195. The minimum Gasteiger partial charge on any atom is -0.356 e. The Hall–Kier alpha value is -3.31. The number of rotatable bonds is 17. The van der Waals surface area contributed by atoms with Crippen LogP contribution in [0.5, 0.6) is 0 Å². The number of amides is 1. The number of thioether (sulfide) groups is 1. The third-order valence-corrected chi connectivity index (χ3v) is 8.11. The average molecular weight is 554 g/mol. The number of aromatic nitrogens is 2. The summed E-state index contributed by atoms with van der Waals surface area (Å²) in [6, 6.07) is 31.5. The lowest BCUT2D eigenvalue weighted by Gasteiger charge is -2.13. The smallest absolute Gasteiger partial charge is 0.219 e. The van der Waals surface area contributed by atoms with Crippen LogP contribution in [-0.2, 0) is 4.79 Å². The third-order valence-electron chi connectivity index (χ3n) is 7.09. The molecule has 210 valence electrons. The first-order valence-corrected chi connectivity index (χ1v) is 15.9. The second-order valence-electron chi connectivity index (χ2n) is 10.3. The topological polar surface area (TPSA) is 46.9 Å². The predicted octanol–water partition coefficient (Wildman–Crippen LogP) is 9.34. The van der Waals surface area contributed by atoms with E-state index in [1.165, 1.54) is 32.1 Å². The zero-order valence-corrected chi connectivity index (χ0v) is 24.7. The number of nitrogens with one attached hydrogen (secondary N) is 1. The maximum Gasteiger partial charge on any atom is 0.219 e. The first-order chi connectivity index (χ1) is 19.8. The Morgan fingerprint density at radius 2 is 1.32 bits per heavy atom. The van der Waals surface area contributed by atoms with E-state index in [9.17, 15) is 4.79 Å². The Labute approximate surface area is 244 Å². The highest BCUT2D eigenvalue weighted by molar-refractivity contribution is 7.99. The number of carbonyl (C=O) groups excluding carboxylic acids is 1. The number of hydrogen-bond donors (Lipinski definition) is 1. The van der Waals surface area contributed by atoms with Crippen LogP contribution in [-0.4, -0.2) is 27.8 Å². The molecule has 0 saturated heterocycles. The molecule has 4 rings (SSSR count). The Balaban J connectivity index is 1.36. The molecular weight excluding hydrogens is 510 g/mol. The van der Waals surface area contributed by atoms with E-state index in [1.807, 2.05) is 6.07 Å². The lowest BCUT2D eigenvalue weighted by atomic mass is 10.0. The van der Waals surface area contributed by atoms with Gasteiger partial charge in [0.25, 0.3) is 0 Å². The van der Waals surface area contributed by atoms with Crippen molar-refractivity contribution in [2.75, 3.05) is 12.3 Å². The van der Waals surface area contributed by atoms with Crippen LogP contribution in [0.1, 0.15) is 71.1 Å². The van der Waals surface area contributed by atoms with Gasteiger partial charge in [-0.2, -0.15) is 0 Å². The Morgan fingerprint density at radius 3 is 2.00 bits per heavy atom. The second kappa shape index (κ2) is 16.7. The molecule has 3 aromatic carbocycles. The summed E-state index contributed by atoms with van der Waals surface area (Å²) in [4.78, 5) is 17.4. The maximum atomic E-state index is 12.2. The number of unbranched alkanes of at least 4 members (excludes halogenated alkanes) is 7. The van der Waals surface area contributed by atoms with Gasteiger partial charge in [-0.15, -0.1) is 0 Å². The van der Waals surface area contributed by atoms with Gasteiger partial charge in [-0.05, 0) is 31.4 Å². The van der Waals surface area contributed by atoms with E-state index < -0.39 is 0 Å². The molecule has 40 heavy (non-hydrogen) atoms. The molecule has 0 saturated carbocycles. The monoisotopic (exact) mass is 553 g/mol. The molecule has 1 N–H and O–H groups in total. The zero-order chi connectivity index (χ0) is 27.8. The standard InChI is InChI=1S/C35H43N3OS/c1-2-3-4-5-6-7-17-26-32(39)36-27-18-19-28-40-35-37-33(29-20-11-8-12-21-29)34(30-22-13-9-14-23-30)38(35)31-24-15-10-16-25-31/h8-16,20-25H,2-7,17-19,26-28H2,1H3,(H,36,39). The van der Waals surface area contributed by atoms with E-state index in [0.717, 1.165) is 71.3 Å². The molecule has 1 heterocycles. The van der Waals surface area contributed by atoms with Gasteiger partial charge in [-0.1, -0.05) is 136 Å². The third kappa shape index (κ3) is 8.85. The molecule has 0 radical (unpaired) electrons. The van der Waals surface area contributed by atoms with Crippen molar-refractivity contribution in [1.82, 2.24) is 14.9 Å². The van der Waals surface area contributed by atoms with Crippen LogP contribution >= 0.6 is 11.8 Å². The van der Waals surface area contributed by atoms with Gasteiger partial charge in [0.2, 0.25) is 5.91 Å². The van der Waals surface area contributed by atoms with Crippen LogP contribution in [0.2, 0.25) is 0 Å². The highest BCUT2D eigenvalue weighted by Gasteiger charge is 2.21. The molecule has 0 bridgehead atoms. The number of para-hydroxylation sites is 1. The SMILES string of the molecule is CCCCCCCCCC(=O)NCCCCSc1nc(-c2ccccc2)c(-c2ccccc2)n1-c1ccccc1. The van der Waals surface area contributed by atoms with Crippen molar-refractivity contribution in [1.29, 1.82) is 0 Å². The Morgan fingerprint density at radius 1 is 0.725 bits per heavy atom. The van der Waals surface area contributed by atoms with Crippen LogP contribution in [0.25, 0.3) is 28.2 Å². The van der Waals surface area contributed by atoms with Gasteiger partial charge >= 0.3 is 0 Å². The summed E-state index contributed by atoms with van der Waals surface area (Å²) in [7, 11) is 0. The number of nitrogens with zero attached hydrogens (tertiary/aromatic N) is 2. The molecule has 0 atom stereocenters. The van der Waals surface area contributed by atoms with Crippen LogP contribution in [0.4, 0.5) is 0 Å². The van der Waals surface area contributed by atoms with Gasteiger partial charge in [-0.25, -0.2) is 4.98 Å². The highest BCUT2D eigenvalue weighted by atomic mass is 32.2. The van der Waals surface area contributed by atoms with Gasteiger partial charge < -0.3 is 5.32 Å². The second-order valence-corrected chi connectivity index (χ2v) is 11.3. The molecule has 0 spiro atoms. The average Bonchev–Trinajstić information content (AvgIpc) is 3.39. The number of hydrogen-bond acceptors (Lipinski definition) is 3. The lowest BCUT2D eigenvalue weighted by Crippen LogP contribution is -2.24. The molecule has 0 aliphatic rings. The first kappa shape index (κ1) is 29.7. The molecule has 0 aliphatic carbocycles. The molecule has 4 nitrogen and oxygen atoms in total. The van der Waals surface area contributed by atoms with Crippen LogP contribution < -0.4 is 5.32 Å². The number of imidazole rings is 1. The predicted molar refractivity (Wildman–Crippen MR) is 170 cm³/mol. The molecule has 1 aromatic heterocycles. The van der Waals surface area contributed by atoms with Crippen LogP contribution in [0.3, 0.4) is 0 Å². The molecule has 4 aromatic rings. The Kier molecular flexibility index (Phi) is 12.4. The van der Waals surface area contributed by atoms with Gasteiger partial charge in [0, 0.05) is 35.5 Å². The largest absolute Gasteiger partial charge is 0.356 e. The summed E-state index contributed by atoms with van der Waals surface area (Å²) in [6.07, 6.45) is 11.3. The lowest BCUT2D eigenvalue weighted by molar-refractivity contribution is -0.121. The fraction of sp³-hybridized carbons (Fsp3) is 0.371. The minimum absolute atomic E-state index is 0.195. The zero-order valence-electron chi connectivity index (χ0n) is 23.9. The van der Waals surface area contributed by atoms with Gasteiger partial charge in [0.05, 0.1) is 11.4 Å². The fourth-order valence-corrected chi connectivity index (χ4v) is 5.93. The fourth-order valence-electron chi connectivity index (χ4n) is 4.92. The summed E-state index contributed by atoms with van der Waals surface area (Å²) in [6.45, 7) is 2.99. The Bertz CT molecular complexity index is 1270. The molecular formula is C35H43N3OS. The first-order valence-electron chi connectivity index (χ1n) is 15.0. The van der Waals surface area contributed by atoms with Gasteiger partial charge in [0.15, 0.2) is 5.16 Å². The van der Waals surface area contributed by atoms with Crippen molar-refractivity contribution in [2.24, 2.45) is 0 Å². The maximum absolute atomic E-state index is 12.2. The number of carbonyl (C=O) groups is 1. The van der Waals surface area contributed by atoms with Crippen LogP contribution in [0, 0.1) is 0 Å². The van der Waals surface area contributed by atoms with Crippen LogP contribution in [0.15, 0.2) is 96.2 Å². The van der Waals surface area contributed by atoms with Crippen molar-refractivity contribution in [3.05, 3.63) is 91.0 Å². The summed E-state index contributed by atoms with van der Waals surface area (Å²) < 4.78 is 2.30. The molecule has 5 heteroatoms. The normalized spacial score (nSPS) is 11.0. The van der Waals surface area contributed by atoms with E-state index in [2.05, 4.69) is 102 Å². The van der Waals surface area contributed by atoms with Crippen molar-refractivity contribution in [3.63, 3.8) is 0 Å². The summed E-state index contributed by atoms with van der Waals surface area (Å²) in [5, 5.41) is 4.11. The molecule has 1 amide bonds. The van der Waals surface area contributed by atoms with Crippen molar-refractivity contribution < 1.29 is 4.79 Å².